The average molecular weight is 560 g/mol. The van der Waals surface area contributed by atoms with Gasteiger partial charge in [0.25, 0.3) is 0 Å². The molecule has 8 rings (SSSR count). The lowest BCUT2D eigenvalue weighted by atomic mass is 9.99. The molecule has 0 spiro atoms. The zero-order valence-electron chi connectivity index (χ0n) is 22.3. The van der Waals surface area contributed by atoms with Crippen LogP contribution in [0.3, 0.4) is 0 Å². The molecule has 0 aliphatic rings. The van der Waals surface area contributed by atoms with Gasteiger partial charge >= 0.3 is 0 Å². The minimum absolute atomic E-state index is 0.549. The number of halogens is 1. The van der Waals surface area contributed by atoms with Gasteiger partial charge in [0.2, 0.25) is 0 Å². The molecule has 0 saturated heterocycles. The fraction of sp³-hybridized carbons (Fsp3) is 0. The van der Waals surface area contributed by atoms with Crippen LogP contribution in [0.1, 0.15) is 0 Å². The van der Waals surface area contributed by atoms with Crippen LogP contribution in [-0.2, 0) is 0 Å². The maximum Gasteiger partial charge on any atom is 0.164 e. The number of hydrogen-bond acceptors (Lipinski definition) is 4. The molecule has 0 amide bonds. The first-order chi connectivity index (χ1) is 20.7. The lowest BCUT2D eigenvalue weighted by Crippen LogP contribution is -2.00. The van der Waals surface area contributed by atoms with E-state index in [4.69, 9.17) is 31.0 Å². The molecule has 0 radical (unpaired) electrons. The third-order valence-electron chi connectivity index (χ3n) is 7.55. The topological polar surface area (TPSA) is 51.8 Å². The summed E-state index contributed by atoms with van der Waals surface area (Å²) in [4.78, 5) is 15.0. The quantitative estimate of drug-likeness (QED) is 0.215. The smallest absolute Gasteiger partial charge is 0.164 e. The van der Waals surface area contributed by atoms with Crippen molar-refractivity contribution < 1.29 is 4.42 Å². The number of para-hydroxylation sites is 1. The highest BCUT2D eigenvalue weighted by Crippen LogP contribution is 2.37. The minimum atomic E-state index is 0.549. The molecule has 42 heavy (non-hydrogen) atoms. The first-order valence-corrected chi connectivity index (χ1v) is 14.1. The third-order valence-corrected chi connectivity index (χ3v) is 7.77. The molecule has 0 bridgehead atoms. The van der Waals surface area contributed by atoms with Crippen molar-refractivity contribution in [2.24, 2.45) is 0 Å². The third kappa shape index (κ3) is 4.30. The van der Waals surface area contributed by atoms with Gasteiger partial charge in [-0.15, -0.1) is 0 Å². The van der Waals surface area contributed by atoms with E-state index in [2.05, 4.69) is 54.6 Å². The molecule has 0 atom stereocenters. The van der Waals surface area contributed by atoms with Crippen LogP contribution in [0.2, 0.25) is 5.02 Å². The molecule has 0 aliphatic carbocycles. The van der Waals surface area contributed by atoms with Crippen molar-refractivity contribution in [3.05, 3.63) is 138 Å². The number of aromatic nitrogens is 3. The number of hydrogen-bond donors (Lipinski definition) is 0. The molecule has 2 aromatic heterocycles. The summed E-state index contributed by atoms with van der Waals surface area (Å²) in [5.41, 5.74) is 6.29. The van der Waals surface area contributed by atoms with Gasteiger partial charge in [-0.05, 0) is 58.3 Å². The summed E-state index contributed by atoms with van der Waals surface area (Å²) in [5.74, 6) is 1.71. The fourth-order valence-electron chi connectivity index (χ4n) is 5.56. The monoisotopic (exact) mass is 559 g/mol. The van der Waals surface area contributed by atoms with E-state index in [0.29, 0.717) is 22.5 Å². The standard InChI is InChI=1S/C37H22ClN3O/c38-29-21-27(26-18-17-23-9-4-5-12-25(23)19-26)20-28(22-29)36-39-35(24-10-2-1-3-11-24)40-37(41-36)31-14-8-16-33-34(31)30-13-6-7-15-32(30)42-33/h1-22H. The van der Waals surface area contributed by atoms with Crippen LogP contribution >= 0.6 is 11.6 Å². The average Bonchev–Trinajstić information content (AvgIpc) is 3.43. The fourth-order valence-corrected chi connectivity index (χ4v) is 5.79. The Balaban J connectivity index is 1.35. The molecule has 0 unspecified atom stereocenters. The van der Waals surface area contributed by atoms with Crippen LogP contribution in [-0.4, -0.2) is 15.0 Å². The Morgan fingerprint density at radius 1 is 0.452 bits per heavy atom. The van der Waals surface area contributed by atoms with Crippen molar-refractivity contribution in [3.8, 4) is 45.3 Å². The number of furan rings is 1. The minimum Gasteiger partial charge on any atom is -0.456 e. The highest BCUT2D eigenvalue weighted by atomic mass is 35.5. The zero-order valence-corrected chi connectivity index (χ0v) is 23.1. The maximum absolute atomic E-state index is 6.73. The largest absolute Gasteiger partial charge is 0.456 e. The van der Waals surface area contributed by atoms with Gasteiger partial charge in [0.05, 0.1) is 0 Å². The van der Waals surface area contributed by atoms with Crippen LogP contribution in [0, 0.1) is 0 Å². The Labute approximate surface area is 246 Å². The Morgan fingerprint density at radius 2 is 1.14 bits per heavy atom. The van der Waals surface area contributed by atoms with Gasteiger partial charge in [0.15, 0.2) is 17.5 Å². The second kappa shape index (κ2) is 9.95. The predicted octanol–water partition coefficient (Wildman–Crippen LogP) is 10.2. The molecule has 8 aromatic rings. The second-order valence-corrected chi connectivity index (χ2v) is 10.7. The molecule has 6 aromatic carbocycles. The highest BCUT2D eigenvalue weighted by molar-refractivity contribution is 6.31. The van der Waals surface area contributed by atoms with E-state index < -0.39 is 0 Å². The molecule has 198 valence electrons. The van der Waals surface area contributed by atoms with Gasteiger partial charge in [-0.2, -0.15) is 0 Å². The number of fused-ring (bicyclic) bond motifs is 4. The Hall–Kier alpha value is -5.32. The molecule has 0 fully saturated rings. The summed E-state index contributed by atoms with van der Waals surface area (Å²) in [6.45, 7) is 0. The zero-order chi connectivity index (χ0) is 28.0. The Bertz CT molecular complexity index is 2270. The van der Waals surface area contributed by atoms with Crippen LogP contribution in [0.4, 0.5) is 0 Å². The summed E-state index contributed by atoms with van der Waals surface area (Å²) in [7, 11) is 0. The molecule has 0 N–H and O–H groups in total. The van der Waals surface area contributed by atoms with Crippen LogP contribution in [0.15, 0.2) is 138 Å². The normalized spacial score (nSPS) is 11.5. The van der Waals surface area contributed by atoms with Gasteiger partial charge in [-0.25, -0.2) is 15.0 Å². The number of benzene rings is 6. The molecule has 5 heteroatoms. The van der Waals surface area contributed by atoms with E-state index in [1.807, 2.05) is 78.9 Å². The number of rotatable bonds is 4. The van der Waals surface area contributed by atoms with Crippen molar-refractivity contribution in [2.45, 2.75) is 0 Å². The summed E-state index contributed by atoms with van der Waals surface area (Å²) in [6, 6.07) is 44.8. The molecule has 2 heterocycles. The van der Waals surface area contributed by atoms with Gasteiger partial charge in [-0.3, -0.25) is 0 Å². The summed E-state index contributed by atoms with van der Waals surface area (Å²) >= 11 is 6.73. The first kappa shape index (κ1) is 24.5. The van der Waals surface area contributed by atoms with E-state index >= 15 is 0 Å². The predicted molar refractivity (Wildman–Crippen MR) is 171 cm³/mol. The van der Waals surface area contributed by atoms with Crippen molar-refractivity contribution >= 4 is 44.3 Å². The van der Waals surface area contributed by atoms with Gasteiger partial charge in [0.1, 0.15) is 11.2 Å². The maximum atomic E-state index is 6.73. The lowest BCUT2D eigenvalue weighted by Gasteiger charge is -2.11. The SMILES string of the molecule is Clc1cc(-c2ccc3ccccc3c2)cc(-c2nc(-c3ccccc3)nc(-c3cccc4oc5ccccc5c34)n2)c1. The van der Waals surface area contributed by atoms with Crippen molar-refractivity contribution in [1.82, 2.24) is 15.0 Å². The summed E-state index contributed by atoms with van der Waals surface area (Å²) in [5, 5.41) is 4.98. The molecular weight excluding hydrogens is 538 g/mol. The van der Waals surface area contributed by atoms with E-state index in [0.717, 1.165) is 49.8 Å². The van der Waals surface area contributed by atoms with Crippen LogP contribution in [0.25, 0.3) is 78.0 Å². The molecule has 0 aliphatic heterocycles. The molecular formula is C37H22ClN3O. The van der Waals surface area contributed by atoms with Crippen molar-refractivity contribution in [1.29, 1.82) is 0 Å². The van der Waals surface area contributed by atoms with E-state index in [9.17, 15) is 0 Å². The highest BCUT2D eigenvalue weighted by Gasteiger charge is 2.18. The summed E-state index contributed by atoms with van der Waals surface area (Å²) < 4.78 is 6.17. The van der Waals surface area contributed by atoms with Crippen molar-refractivity contribution in [3.63, 3.8) is 0 Å². The number of nitrogens with zero attached hydrogens (tertiary/aromatic N) is 3. The van der Waals surface area contributed by atoms with Crippen molar-refractivity contribution in [2.75, 3.05) is 0 Å². The van der Waals surface area contributed by atoms with Crippen LogP contribution in [0.5, 0.6) is 0 Å². The van der Waals surface area contributed by atoms with Crippen LogP contribution < -0.4 is 0 Å². The van der Waals surface area contributed by atoms with Gasteiger partial charge < -0.3 is 4.42 Å². The first-order valence-electron chi connectivity index (χ1n) is 13.7. The Kier molecular flexibility index (Phi) is 5.80. The van der Waals surface area contributed by atoms with E-state index in [-0.39, 0.29) is 0 Å². The lowest BCUT2D eigenvalue weighted by molar-refractivity contribution is 0.669. The second-order valence-electron chi connectivity index (χ2n) is 10.2. The summed E-state index contributed by atoms with van der Waals surface area (Å²) in [6.07, 6.45) is 0. The Morgan fingerprint density at radius 3 is 2.02 bits per heavy atom. The molecule has 0 saturated carbocycles. The molecule has 4 nitrogen and oxygen atoms in total. The van der Waals surface area contributed by atoms with Gasteiger partial charge in [-0.1, -0.05) is 109 Å². The van der Waals surface area contributed by atoms with E-state index in [1.165, 1.54) is 10.8 Å². The van der Waals surface area contributed by atoms with Gasteiger partial charge in [0, 0.05) is 32.5 Å². The van der Waals surface area contributed by atoms with E-state index in [1.54, 1.807) is 0 Å².